The van der Waals surface area contributed by atoms with Crippen molar-refractivity contribution in [3.05, 3.63) is 48.3 Å². The molecule has 22 heavy (non-hydrogen) atoms. The molecule has 1 aliphatic carbocycles. The van der Waals surface area contributed by atoms with E-state index in [1.807, 2.05) is 29.0 Å². The number of hydrogen-bond donors (Lipinski definition) is 2. The van der Waals surface area contributed by atoms with Crippen molar-refractivity contribution in [2.45, 2.75) is 38.3 Å². The summed E-state index contributed by atoms with van der Waals surface area (Å²) in [5.41, 5.74) is 7.21. The van der Waals surface area contributed by atoms with Crippen LogP contribution in [0.5, 0.6) is 0 Å². The number of carbonyl (C=O) groups is 1. The molecule has 1 fully saturated rings. The molecule has 1 amide bonds. The first kappa shape index (κ1) is 14.8. The summed E-state index contributed by atoms with van der Waals surface area (Å²) in [6, 6.07) is 10.3. The Labute approximate surface area is 130 Å². The van der Waals surface area contributed by atoms with Crippen molar-refractivity contribution in [3.8, 4) is 0 Å². The highest BCUT2D eigenvalue weighted by atomic mass is 16.1. The van der Waals surface area contributed by atoms with Crippen molar-refractivity contribution in [2.75, 3.05) is 5.32 Å². The molecule has 3 rings (SSSR count). The molecule has 1 saturated carbocycles. The van der Waals surface area contributed by atoms with Crippen molar-refractivity contribution in [3.63, 3.8) is 0 Å². The lowest BCUT2D eigenvalue weighted by atomic mass is 10.00. The van der Waals surface area contributed by atoms with Crippen LogP contribution in [0.4, 0.5) is 5.95 Å². The highest BCUT2D eigenvalue weighted by Crippen LogP contribution is 2.27. The first-order chi connectivity index (χ1) is 10.7. The number of carbonyl (C=O) groups excluding carboxylic acids is 1. The van der Waals surface area contributed by atoms with E-state index in [1.54, 1.807) is 6.20 Å². The van der Waals surface area contributed by atoms with Crippen molar-refractivity contribution < 1.29 is 4.79 Å². The second kappa shape index (κ2) is 6.75. The van der Waals surface area contributed by atoms with E-state index < -0.39 is 0 Å². The maximum atomic E-state index is 12.2. The van der Waals surface area contributed by atoms with E-state index in [0.717, 1.165) is 19.3 Å². The smallest absolute Gasteiger partial charge is 0.227 e. The Morgan fingerprint density at radius 1 is 1.32 bits per heavy atom. The predicted molar refractivity (Wildman–Crippen MR) is 86.3 cm³/mol. The van der Waals surface area contributed by atoms with E-state index in [1.165, 1.54) is 5.56 Å². The molecule has 0 radical (unpaired) electrons. The van der Waals surface area contributed by atoms with Crippen LogP contribution < -0.4 is 11.1 Å². The SMILES string of the molecule is N[C@@H]1CCC[C@H]1CC(=O)Nc1nccn1Cc1ccccc1. The van der Waals surface area contributed by atoms with Crippen LogP contribution in [0.1, 0.15) is 31.2 Å². The van der Waals surface area contributed by atoms with Gasteiger partial charge in [0.25, 0.3) is 0 Å². The average molecular weight is 298 g/mol. The number of hydrogen-bond acceptors (Lipinski definition) is 3. The number of imidazole rings is 1. The van der Waals surface area contributed by atoms with Gasteiger partial charge in [0.15, 0.2) is 0 Å². The number of rotatable bonds is 5. The van der Waals surface area contributed by atoms with E-state index in [0.29, 0.717) is 24.8 Å². The Morgan fingerprint density at radius 2 is 2.14 bits per heavy atom. The van der Waals surface area contributed by atoms with Gasteiger partial charge < -0.3 is 10.3 Å². The van der Waals surface area contributed by atoms with E-state index in [4.69, 9.17) is 5.73 Å². The summed E-state index contributed by atoms with van der Waals surface area (Å²) >= 11 is 0. The van der Waals surface area contributed by atoms with Gasteiger partial charge >= 0.3 is 0 Å². The Kier molecular flexibility index (Phi) is 4.53. The summed E-state index contributed by atoms with van der Waals surface area (Å²) in [4.78, 5) is 16.4. The van der Waals surface area contributed by atoms with Crippen LogP contribution >= 0.6 is 0 Å². The monoisotopic (exact) mass is 298 g/mol. The molecule has 2 aromatic rings. The molecule has 0 bridgehead atoms. The number of amides is 1. The predicted octanol–water partition coefficient (Wildman–Crippen LogP) is 2.39. The van der Waals surface area contributed by atoms with Crippen LogP contribution in [0.15, 0.2) is 42.7 Å². The molecule has 0 aliphatic heterocycles. The summed E-state index contributed by atoms with van der Waals surface area (Å²) in [7, 11) is 0. The summed E-state index contributed by atoms with van der Waals surface area (Å²) < 4.78 is 1.95. The van der Waals surface area contributed by atoms with Gasteiger partial charge in [0.2, 0.25) is 11.9 Å². The van der Waals surface area contributed by atoms with E-state index in [9.17, 15) is 4.79 Å². The lowest BCUT2D eigenvalue weighted by molar-refractivity contribution is -0.117. The summed E-state index contributed by atoms with van der Waals surface area (Å²) in [6.07, 6.45) is 7.28. The fourth-order valence-corrected chi connectivity index (χ4v) is 3.07. The Morgan fingerprint density at radius 3 is 2.86 bits per heavy atom. The van der Waals surface area contributed by atoms with Gasteiger partial charge in [-0.25, -0.2) is 4.98 Å². The van der Waals surface area contributed by atoms with Gasteiger partial charge in [0.05, 0.1) is 6.54 Å². The Bertz CT molecular complexity index is 623. The minimum Gasteiger partial charge on any atom is -0.327 e. The van der Waals surface area contributed by atoms with Crippen molar-refractivity contribution in [1.29, 1.82) is 0 Å². The van der Waals surface area contributed by atoms with Crippen LogP contribution in [-0.4, -0.2) is 21.5 Å². The van der Waals surface area contributed by atoms with Crippen LogP contribution in [0, 0.1) is 5.92 Å². The van der Waals surface area contributed by atoms with Crippen LogP contribution in [0.2, 0.25) is 0 Å². The molecule has 5 heteroatoms. The van der Waals surface area contributed by atoms with E-state index in [2.05, 4.69) is 22.4 Å². The molecule has 0 spiro atoms. The highest BCUT2D eigenvalue weighted by Gasteiger charge is 2.26. The number of nitrogens with zero attached hydrogens (tertiary/aromatic N) is 2. The number of anilines is 1. The van der Waals surface area contributed by atoms with Gasteiger partial charge in [-0.05, 0) is 24.3 Å². The minimum atomic E-state index is 0.00265. The highest BCUT2D eigenvalue weighted by molar-refractivity contribution is 5.89. The zero-order valence-electron chi connectivity index (χ0n) is 12.6. The third-order valence-corrected chi connectivity index (χ3v) is 4.33. The molecule has 1 aromatic heterocycles. The zero-order valence-corrected chi connectivity index (χ0v) is 12.6. The third kappa shape index (κ3) is 3.54. The first-order valence-electron chi connectivity index (χ1n) is 7.83. The standard InChI is InChI=1S/C17H22N4O/c18-15-8-4-7-14(15)11-16(22)20-17-19-9-10-21(17)12-13-5-2-1-3-6-13/h1-3,5-6,9-10,14-15H,4,7-8,11-12,18H2,(H,19,20,22)/t14-,15+/m0/s1. The number of nitrogens with one attached hydrogen (secondary N) is 1. The molecule has 0 unspecified atom stereocenters. The largest absolute Gasteiger partial charge is 0.327 e. The maximum Gasteiger partial charge on any atom is 0.227 e. The van der Waals surface area contributed by atoms with Gasteiger partial charge in [-0.15, -0.1) is 0 Å². The fraction of sp³-hybridized carbons (Fsp3) is 0.412. The van der Waals surface area contributed by atoms with Gasteiger partial charge in [0, 0.05) is 24.9 Å². The van der Waals surface area contributed by atoms with Crippen molar-refractivity contribution >= 4 is 11.9 Å². The Hall–Kier alpha value is -2.14. The lowest BCUT2D eigenvalue weighted by Crippen LogP contribution is -2.28. The maximum absolute atomic E-state index is 12.2. The third-order valence-electron chi connectivity index (χ3n) is 4.33. The summed E-state index contributed by atoms with van der Waals surface area (Å²) in [5.74, 6) is 0.904. The normalized spacial score (nSPS) is 21.0. The van der Waals surface area contributed by atoms with Gasteiger partial charge in [-0.2, -0.15) is 0 Å². The topological polar surface area (TPSA) is 72.9 Å². The van der Waals surface area contributed by atoms with Crippen LogP contribution in [-0.2, 0) is 11.3 Å². The Balaban J connectivity index is 1.61. The molecule has 2 atom stereocenters. The van der Waals surface area contributed by atoms with Crippen molar-refractivity contribution in [1.82, 2.24) is 9.55 Å². The molecule has 116 valence electrons. The minimum absolute atomic E-state index is 0.00265. The molecule has 1 heterocycles. The molecule has 3 N–H and O–H groups in total. The first-order valence-corrected chi connectivity index (χ1v) is 7.83. The summed E-state index contributed by atoms with van der Waals surface area (Å²) in [5, 5.41) is 2.92. The second-order valence-corrected chi connectivity index (χ2v) is 5.97. The molecule has 1 aromatic carbocycles. The van der Waals surface area contributed by atoms with Gasteiger partial charge in [-0.3, -0.25) is 10.1 Å². The number of aromatic nitrogens is 2. The lowest BCUT2D eigenvalue weighted by Gasteiger charge is -2.15. The number of benzene rings is 1. The molecular formula is C17H22N4O. The summed E-state index contributed by atoms with van der Waals surface area (Å²) in [6.45, 7) is 0.694. The van der Waals surface area contributed by atoms with Gasteiger partial charge in [0.1, 0.15) is 0 Å². The fourth-order valence-electron chi connectivity index (χ4n) is 3.07. The number of nitrogens with two attached hydrogens (primary N) is 1. The molecular weight excluding hydrogens is 276 g/mol. The molecule has 5 nitrogen and oxygen atoms in total. The zero-order chi connectivity index (χ0) is 15.4. The second-order valence-electron chi connectivity index (χ2n) is 5.97. The van der Waals surface area contributed by atoms with Gasteiger partial charge in [-0.1, -0.05) is 36.8 Å². The molecule has 1 aliphatic rings. The van der Waals surface area contributed by atoms with Crippen LogP contribution in [0.25, 0.3) is 0 Å². The molecule has 0 saturated heterocycles. The quantitative estimate of drug-likeness (QED) is 0.890. The van der Waals surface area contributed by atoms with E-state index >= 15 is 0 Å². The average Bonchev–Trinajstić information content (AvgIpc) is 3.10. The van der Waals surface area contributed by atoms with E-state index in [-0.39, 0.29) is 11.9 Å². The van der Waals surface area contributed by atoms with Crippen LogP contribution in [0.3, 0.4) is 0 Å². The van der Waals surface area contributed by atoms with Crippen molar-refractivity contribution in [2.24, 2.45) is 11.7 Å².